The fraction of sp³-hybridized carbons (Fsp3) is 0.316. The summed E-state index contributed by atoms with van der Waals surface area (Å²) in [5.41, 5.74) is 2.72. The quantitative estimate of drug-likeness (QED) is 0.851. The van der Waals surface area contributed by atoms with Gasteiger partial charge in [0.15, 0.2) is 11.5 Å². The number of ether oxygens (including phenoxy) is 3. The van der Waals surface area contributed by atoms with Gasteiger partial charge in [0.05, 0.1) is 7.11 Å². The molecule has 0 aliphatic carbocycles. The Labute approximate surface area is 140 Å². The van der Waals surface area contributed by atoms with Crippen molar-refractivity contribution in [3.63, 3.8) is 0 Å². The summed E-state index contributed by atoms with van der Waals surface area (Å²) in [6.07, 6.45) is 1.90. The van der Waals surface area contributed by atoms with Crippen LogP contribution in [0.1, 0.15) is 22.3 Å². The first-order chi connectivity index (χ1) is 11.8. The molecule has 0 unspecified atom stereocenters. The van der Waals surface area contributed by atoms with E-state index in [1.165, 1.54) is 0 Å². The fourth-order valence-electron chi connectivity index (χ4n) is 3.24. The summed E-state index contributed by atoms with van der Waals surface area (Å²) in [7, 11) is 1.66. The molecule has 2 heterocycles. The van der Waals surface area contributed by atoms with Crippen LogP contribution in [-0.4, -0.2) is 32.8 Å². The van der Waals surface area contributed by atoms with Gasteiger partial charge in [0, 0.05) is 17.8 Å². The zero-order chi connectivity index (χ0) is 16.5. The Kier molecular flexibility index (Phi) is 3.76. The number of rotatable bonds is 2. The van der Waals surface area contributed by atoms with Gasteiger partial charge in [-0.1, -0.05) is 0 Å². The molecule has 0 aromatic heterocycles. The lowest BCUT2D eigenvalue weighted by atomic mass is 10.00. The molecular formula is C19H19NO4. The van der Waals surface area contributed by atoms with E-state index in [-0.39, 0.29) is 5.91 Å². The number of fused-ring (bicyclic) bond motifs is 2. The van der Waals surface area contributed by atoms with Gasteiger partial charge in [-0.15, -0.1) is 0 Å². The number of hydrogen-bond acceptors (Lipinski definition) is 4. The number of carbonyl (C=O) groups is 1. The average molecular weight is 325 g/mol. The molecule has 124 valence electrons. The van der Waals surface area contributed by atoms with Crippen molar-refractivity contribution in [1.82, 2.24) is 0 Å². The molecule has 0 saturated carbocycles. The standard InChI is InChI=1S/C19H19NO4/c1-22-15-5-6-16-13(11-15)3-2-8-20(16)19(21)14-4-7-17-18(12-14)24-10-9-23-17/h4-7,11-12H,2-3,8-10H2,1H3. The highest BCUT2D eigenvalue weighted by atomic mass is 16.6. The molecule has 0 bridgehead atoms. The smallest absolute Gasteiger partial charge is 0.258 e. The third kappa shape index (κ3) is 2.56. The molecule has 2 aliphatic heterocycles. The number of anilines is 1. The van der Waals surface area contributed by atoms with Crippen molar-refractivity contribution in [2.45, 2.75) is 12.8 Å². The van der Waals surface area contributed by atoms with Gasteiger partial charge in [0.1, 0.15) is 19.0 Å². The topological polar surface area (TPSA) is 48.0 Å². The van der Waals surface area contributed by atoms with Crippen LogP contribution in [0.15, 0.2) is 36.4 Å². The summed E-state index contributed by atoms with van der Waals surface area (Å²) >= 11 is 0. The highest BCUT2D eigenvalue weighted by Crippen LogP contribution is 2.34. The lowest BCUT2D eigenvalue weighted by Gasteiger charge is -2.30. The van der Waals surface area contributed by atoms with E-state index < -0.39 is 0 Å². The first kappa shape index (κ1) is 14.9. The van der Waals surface area contributed by atoms with Gasteiger partial charge in [-0.25, -0.2) is 0 Å². The number of methoxy groups -OCH3 is 1. The maximum Gasteiger partial charge on any atom is 0.258 e. The molecule has 0 saturated heterocycles. The van der Waals surface area contributed by atoms with E-state index in [1.54, 1.807) is 25.3 Å². The third-order valence-electron chi connectivity index (χ3n) is 4.44. The SMILES string of the molecule is COc1ccc2c(c1)CCCN2C(=O)c1ccc2c(c1)OCCO2. The average Bonchev–Trinajstić information content (AvgIpc) is 2.66. The predicted octanol–water partition coefficient (Wildman–Crippen LogP) is 3.06. The Morgan fingerprint density at radius 1 is 1.08 bits per heavy atom. The lowest BCUT2D eigenvalue weighted by Crippen LogP contribution is -2.35. The molecule has 0 N–H and O–H groups in total. The van der Waals surface area contributed by atoms with Gasteiger partial charge in [-0.2, -0.15) is 0 Å². The number of nitrogens with zero attached hydrogens (tertiary/aromatic N) is 1. The maximum atomic E-state index is 13.0. The van der Waals surface area contributed by atoms with E-state index in [2.05, 4.69) is 0 Å². The first-order valence-corrected chi connectivity index (χ1v) is 8.15. The number of hydrogen-bond donors (Lipinski definition) is 0. The van der Waals surface area contributed by atoms with Crippen molar-refractivity contribution < 1.29 is 19.0 Å². The molecular weight excluding hydrogens is 306 g/mol. The van der Waals surface area contributed by atoms with Crippen molar-refractivity contribution in [2.75, 3.05) is 31.8 Å². The first-order valence-electron chi connectivity index (χ1n) is 8.15. The van der Waals surface area contributed by atoms with E-state index in [0.717, 1.165) is 29.8 Å². The fourth-order valence-corrected chi connectivity index (χ4v) is 3.24. The van der Waals surface area contributed by atoms with Crippen LogP contribution in [-0.2, 0) is 6.42 Å². The van der Waals surface area contributed by atoms with Crippen molar-refractivity contribution in [1.29, 1.82) is 0 Å². The van der Waals surface area contributed by atoms with Crippen molar-refractivity contribution >= 4 is 11.6 Å². The van der Waals surface area contributed by atoms with Crippen molar-refractivity contribution in [3.05, 3.63) is 47.5 Å². The van der Waals surface area contributed by atoms with Crippen LogP contribution in [0.5, 0.6) is 17.2 Å². The normalized spacial score (nSPS) is 15.6. The summed E-state index contributed by atoms with van der Waals surface area (Å²) in [6.45, 7) is 1.77. The summed E-state index contributed by atoms with van der Waals surface area (Å²) in [4.78, 5) is 14.8. The zero-order valence-electron chi connectivity index (χ0n) is 13.6. The number of benzene rings is 2. The van der Waals surface area contributed by atoms with Crippen molar-refractivity contribution in [2.24, 2.45) is 0 Å². The molecule has 2 aromatic rings. The van der Waals surface area contributed by atoms with Crippen LogP contribution >= 0.6 is 0 Å². The second kappa shape index (κ2) is 6.07. The third-order valence-corrected chi connectivity index (χ3v) is 4.44. The second-order valence-corrected chi connectivity index (χ2v) is 5.91. The molecule has 0 atom stereocenters. The van der Waals surface area contributed by atoms with Gasteiger partial charge in [-0.05, 0) is 54.8 Å². The summed E-state index contributed by atoms with van der Waals surface area (Å²) in [5, 5.41) is 0. The molecule has 0 spiro atoms. The molecule has 0 radical (unpaired) electrons. The Hall–Kier alpha value is -2.69. The molecule has 4 rings (SSSR count). The van der Waals surface area contributed by atoms with Gasteiger partial charge >= 0.3 is 0 Å². The molecule has 24 heavy (non-hydrogen) atoms. The predicted molar refractivity (Wildman–Crippen MR) is 90.4 cm³/mol. The zero-order valence-corrected chi connectivity index (χ0v) is 13.6. The van der Waals surface area contributed by atoms with Crippen LogP contribution in [0.3, 0.4) is 0 Å². The minimum atomic E-state index is -0.0157. The van der Waals surface area contributed by atoms with Crippen LogP contribution < -0.4 is 19.1 Å². The second-order valence-electron chi connectivity index (χ2n) is 5.91. The molecule has 5 heteroatoms. The van der Waals surface area contributed by atoms with Crippen LogP contribution in [0.25, 0.3) is 0 Å². The summed E-state index contributed by atoms with van der Waals surface area (Å²) in [5.74, 6) is 2.14. The van der Waals surface area contributed by atoms with E-state index >= 15 is 0 Å². The summed E-state index contributed by atoms with van der Waals surface area (Å²) in [6, 6.07) is 11.2. The molecule has 2 aromatic carbocycles. The molecule has 0 fully saturated rings. The molecule has 1 amide bonds. The van der Waals surface area contributed by atoms with E-state index in [0.29, 0.717) is 36.8 Å². The minimum absolute atomic E-state index is 0.0157. The Morgan fingerprint density at radius 2 is 1.92 bits per heavy atom. The number of carbonyl (C=O) groups excluding carboxylic acids is 1. The number of aryl methyl sites for hydroxylation is 1. The van der Waals surface area contributed by atoms with Crippen LogP contribution in [0.4, 0.5) is 5.69 Å². The largest absolute Gasteiger partial charge is 0.497 e. The lowest BCUT2D eigenvalue weighted by molar-refractivity contribution is 0.0984. The van der Waals surface area contributed by atoms with Crippen molar-refractivity contribution in [3.8, 4) is 17.2 Å². The Bertz CT molecular complexity index is 787. The Morgan fingerprint density at radius 3 is 2.75 bits per heavy atom. The van der Waals surface area contributed by atoms with E-state index in [4.69, 9.17) is 14.2 Å². The van der Waals surface area contributed by atoms with Gasteiger partial charge < -0.3 is 19.1 Å². The van der Waals surface area contributed by atoms with Crippen LogP contribution in [0, 0.1) is 0 Å². The Balaban J connectivity index is 1.66. The monoisotopic (exact) mass is 325 g/mol. The minimum Gasteiger partial charge on any atom is -0.497 e. The van der Waals surface area contributed by atoms with Crippen LogP contribution in [0.2, 0.25) is 0 Å². The van der Waals surface area contributed by atoms with E-state index in [1.807, 2.05) is 23.1 Å². The highest BCUT2D eigenvalue weighted by Gasteiger charge is 2.25. The van der Waals surface area contributed by atoms with Gasteiger partial charge in [-0.3, -0.25) is 4.79 Å². The van der Waals surface area contributed by atoms with E-state index in [9.17, 15) is 4.79 Å². The summed E-state index contributed by atoms with van der Waals surface area (Å²) < 4.78 is 16.4. The molecule has 2 aliphatic rings. The van der Waals surface area contributed by atoms with Gasteiger partial charge in [0.25, 0.3) is 5.91 Å². The molecule has 5 nitrogen and oxygen atoms in total. The highest BCUT2D eigenvalue weighted by molar-refractivity contribution is 6.07. The van der Waals surface area contributed by atoms with Gasteiger partial charge in [0.2, 0.25) is 0 Å². The maximum absolute atomic E-state index is 13.0. The number of amides is 1.